The van der Waals surface area contributed by atoms with Crippen molar-refractivity contribution in [1.29, 1.82) is 0 Å². The van der Waals surface area contributed by atoms with E-state index < -0.39 is 0 Å². The number of benzene rings is 9. The van der Waals surface area contributed by atoms with Gasteiger partial charge in [0.05, 0.1) is 33.3 Å². The Morgan fingerprint density at radius 2 is 0.821 bits per heavy atom. The number of hydrogen-bond donors (Lipinski definition) is 0. The summed E-state index contributed by atoms with van der Waals surface area (Å²) in [6, 6.07) is 69.7. The fourth-order valence-corrected chi connectivity index (χ4v) is 8.81. The van der Waals surface area contributed by atoms with Crippen LogP contribution < -0.4 is 0 Å². The van der Waals surface area contributed by atoms with Gasteiger partial charge < -0.3 is 4.57 Å². The van der Waals surface area contributed by atoms with Gasteiger partial charge in [-0.25, -0.2) is 9.97 Å². The molecule has 0 fully saturated rings. The molecule has 56 heavy (non-hydrogen) atoms. The minimum Gasteiger partial charge on any atom is -0.309 e. The molecule has 0 atom stereocenters. The molecule has 12 aromatic rings. The molecular weight excluding hydrogens is 681 g/mol. The third-order valence-electron chi connectivity index (χ3n) is 11.5. The Morgan fingerprint density at radius 3 is 1.54 bits per heavy atom. The predicted molar refractivity (Wildman–Crippen MR) is 234 cm³/mol. The second kappa shape index (κ2) is 12.0. The lowest BCUT2D eigenvalue weighted by Gasteiger charge is -2.13. The first kappa shape index (κ1) is 30.9. The molecule has 12 rings (SSSR count). The van der Waals surface area contributed by atoms with Crippen molar-refractivity contribution in [3.63, 3.8) is 0 Å². The molecule has 0 unspecified atom stereocenters. The third-order valence-corrected chi connectivity index (χ3v) is 11.5. The van der Waals surface area contributed by atoms with Gasteiger partial charge in [0, 0.05) is 38.2 Å². The number of para-hydroxylation sites is 2. The molecule has 0 spiro atoms. The van der Waals surface area contributed by atoms with E-state index in [2.05, 4.69) is 203 Å². The molecule has 0 saturated carbocycles. The molecule has 0 aliphatic rings. The van der Waals surface area contributed by atoms with Gasteiger partial charge in [-0.3, -0.25) is 4.57 Å². The lowest BCUT2D eigenvalue weighted by Crippen LogP contribution is -2.04. The van der Waals surface area contributed by atoms with Crippen LogP contribution in [0.2, 0.25) is 0 Å². The van der Waals surface area contributed by atoms with Crippen molar-refractivity contribution in [2.75, 3.05) is 0 Å². The van der Waals surface area contributed by atoms with Crippen LogP contribution in [0.5, 0.6) is 0 Å². The van der Waals surface area contributed by atoms with Gasteiger partial charge in [0.1, 0.15) is 0 Å². The molecule has 0 radical (unpaired) electrons. The molecule has 0 aliphatic carbocycles. The van der Waals surface area contributed by atoms with E-state index in [0.717, 1.165) is 44.3 Å². The maximum absolute atomic E-state index is 5.47. The molecule has 3 heterocycles. The van der Waals surface area contributed by atoms with E-state index in [1.165, 1.54) is 59.9 Å². The van der Waals surface area contributed by atoms with Gasteiger partial charge in [-0.2, -0.15) is 0 Å². The highest BCUT2D eigenvalue weighted by molar-refractivity contribution is 6.16. The summed E-state index contributed by atoms with van der Waals surface area (Å²) in [6.07, 6.45) is 0. The van der Waals surface area contributed by atoms with Gasteiger partial charge in [-0.1, -0.05) is 146 Å². The summed E-state index contributed by atoms with van der Waals surface area (Å²) in [5.74, 6) is 0.645. The van der Waals surface area contributed by atoms with Crippen molar-refractivity contribution in [3.05, 3.63) is 194 Å². The lowest BCUT2D eigenvalue weighted by molar-refractivity contribution is 1.01. The van der Waals surface area contributed by atoms with E-state index in [-0.39, 0.29) is 0 Å². The number of aromatic nitrogens is 4. The van der Waals surface area contributed by atoms with Crippen molar-refractivity contribution in [2.45, 2.75) is 0 Å². The first-order valence-electron chi connectivity index (χ1n) is 19.1. The van der Waals surface area contributed by atoms with Crippen LogP contribution in [0.4, 0.5) is 0 Å². The van der Waals surface area contributed by atoms with Crippen LogP contribution in [0.1, 0.15) is 0 Å². The molecule has 0 bridgehead atoms. The monoisotopic (exact) mass is 712 g/mol. The molecule has 0 N–H and O–H groups in total. The van der Waals surface area contributed by atoms with Crippen molar-refractivity contribution < 1.29 is 0 Å². The maximum Gasteiger partial charge on any atom is 0.235 e. The second-order valence-corrected chi connectivity index (χ2v) is 14.7. The first-order chi connectivity index (χ1) is 27.7. The fourth-order valence-electron chi connectivity index (χ4n) is 8.81. The SMILES string of the molecule is c1ccc(-c2ccc(-c3nc(-n4c5cc(-n6c7ccccc7c7cc8ccccc8cc76)ccc5c5cc6ccccc6cc54)nc4ccccc34)cc2)cc1. The smallest absolute Gasteiger partial charge is 0.235 e. The zero-order valence-electron chi connectivity index (χ0n) is 30.3. The van der Waals surface area contributed by atoms with Crippen LogP contribution >= 0.6 is 0 Å². The van der Waals surface area contributed by atoms with E-state index in [1.54, 1.807) is 0 Å². The summed E-state index contributed by atoms with van der Waals surface area (Å²) in [7, 11) is 0. The van der Waals surface area contributed by atoms with Gasteiger partial charge in [0.2, 0.25) is 5.95 Å². The highest BCUT2D eigenvalue weighted by Gasteiger charge is 2.20. The van der Waals surface area contributed by atoms with E-state index in [1.807, 2.05) is 0 Å². The van der Waals surface area contributed by atoms with Gasteiger partial charge in [0.25, 0.3) is 0 Å². The van der Waals surface area contributed by atoms with Gasteiger partial charge in [-0.05, 0) is 81.2 Å². The zero-order chi connectivity index (χ0) is 36.7. The van der Waals surface area contributed by atoms with Crippen molar-refractivity contribution >= 4 is 76.1 Å². The Labute approximate surface area is 322 Å². The minimum atomic E-state index is 0.645. The van der Waals surface area contributed by atoms with Crippen LogP contribution in [-0.2, 0) is 0 Å². The Kier molecular flexibility index (Phi) is 6.60. The number of rotatable bonds is 4. The van der Waals surface area contributed by atoms with Gasteiger partial charge in [0.15, 0.2) is 0 Å². The Bertz CT molecular complexity index is 3520. The zero-order valence-corrected chi connectivity index (χ0v) is 30.3. The quantitative estimate of drug-likeness (QED) is 0.182. The standard InChI is InChI=1S/C52H32N4/c1-2-12-33(13-3-1)34-22-24-35(25-23-34)51-43-19-8-10-20-46(43)53-52(54-51)56-49-31-39-17-7-5-15-37(39)29-45(49)42-27-26-40(32-50(42)56)55-47-21-11-9-18-41(47)44-28-36-14-4-6-16-38(36)30-48(44)55/h1-32H. The summed E-state index contributed by atoms with van der Waals surface area (Å²) in [4.78, 5) is 10.8. The molecule has 4 heteroatoms. The topological polar surface area (TPSA) is 35.6 Å². The normalized spacial score (nSPS) is 11.9. The van der Waals surface area contributed by atoms with Crippen molar-refractivity contribution in [1.82, 2.24) is 19.1 Å². The van der Waals surface area contributed by atoms with Crippen LogP contribution in [0.3, 0.4) is 0 Å². The van der Waals surface area contributed by atoms with Crippen molar-refractivity contribution in [3.8, 4) is 34.0 Å². The van der Waals surface area contributed by atoms with E-state index in [9.17, 15) is 0 Å². The van der Waals surface area contributed by atoms with E-state index in [4.69, 9.17) is 9.97 Å². The van der Waals surface area contributed by atoms with Crippen molar-refractivity contribution in [2.24, 2.45) is 0 Å². The average molecular weight is 713 g/mol. The van der Waals surface area contributed by atoms with Crippen LogP contribution in [-0.4, -0.2) is 19.1 Å². The maximum atomic E-state index is 5.47. The summed E-state index contributed by atoms with van der Waals surface area (Å²) in [5.41, 5.74) is 10.8. The molecule has 4 nitrogen and oxygen atoms in total. The Balaban J connectivity index is 1.15. The third kappa shape index (κ3) is 4.66. The highest BCUT2D eigenvalue weighted by atomic mass is 15.2. The summed E-state index contributed by atoms with van der Waals surface area (Å²) in [5, 5.41) is 10.7. The molecule has 9 aromatic carbocycles. The number of hydrogen-bond acceptors (Lipinski definition) is 2. The first-order valence-corrected chi connectivity index (χ1v) is 19.1. The van der Waals surface area contributed by atoms with Crippen LogP contribution in [0.15, 0.2) is 194 Å². The number of nitrogens with zero attached hydrogens (tertiary/aromatic N) is 4. The van der Waals surface area contributed by atoms with E-state index in [0.29, 0.717) is 5.95 Å². The molecule has 0 aliphatic heterocycles. The molecular formula is C52H32N4. The fraction of sp³-hybridized carbons (Fsp3) is 0. The molecule has 3 aromatic heterocycles. The molecule has 260 valence electrons. The van der Waals surface area contributed by atoms with Gasteiger partial charge >= 0.3 is 0 Å². The highest BCUT2D eigenvalue weighted by Crippen LogP contribution is 2.40. The van der Waals surface area contributed by atoms with Crippen LogP contribution in [0, 0.1) is 0 Å². The summed E-state index contributed by atoms with van der Waals surface area (Å²) >= 11 is 0. The molecule has 0 saturated heterocycles. The van der Waals surface area contributed by atoms with E-state index >= 15 is 0 Å². The predicted octanol–water partition coefficient (Wildman–Crippen LogP) is 13.5. The van der Waals surface area contributed by atoms with Gasteiger partial charge in [-0.15, -0.1) is 0 Å². The Hall–Kier alpha value is -7.56. The lowest BCUT2D eigenvalue weighted by atomic mass is 10.0. The van der Waals surface area contributed by atoms with Crippen LogP contribution in [0.25, 0.3) is 110 Å². The number of fused-ring (bicyclic) bond motifs is 9. The Morgan fingerprint density at radius 1 is 0.304 bits per heavy atom. The molecule has 0 amide bonds. The summed E-state index contributed by atoms with van der Waals surface area (Å²) < 4.78 is 4.69. The summed E-state index contributed by atoms with van der Waals surface area (Å²) in [6.45, 7) is 0. The average Bonchev–Trinajstić information content (AvgIpc) is 3.75. The largest absolute Gasteiger partial charge is 0.309 e. The second-order valence-electron chi connectivity index (χ2n) is 14.7. The minimum absolute atomic E-state index is 0.645.